The number of carbonyl (C=O) groups excluding carboxylic acids is 1. The molecular weight excluding hydrogens is 294 g/mol. The van der Waals surface area contributed by atoms with Gasteiger partial charge in [-0.05, 0) is 24.6 Å². The van der Waals surface area contributed by atoms with Crippen LogP contribution in [-0.4, -0.2) is 24.4 Å². The van der Waals surface area contributed by atoms with Crippen molar-refractivity contribution in [3.8, 4) is 0 Å². The second kappa shape index (κ2) is 7.93. The summed E-state index contributed by atoms with van der Waals surface area (Å²) in [7, 11) is 1.74. The first-order chi connectivity index (χ1) is 11.1. The topological polar surface area (TPSA) is 75.5 Å². The summed E-state index contributed by atoms with van der Waals surface area (Å²) in [5.74, 6) is 0.0144. The van der Waals surface area contributed by atoms with Crippen molar-refractivity contribution in [2.75, 3.05) is 23.8 Å². The first-order valence-electron chi connectivity index (χ1n) is 7.38. The van der Waals surface area contributed by atoms with Crippen molar-refractivity contribution in [2.45, 2.75) is 12.8 Å². The Balaban J connectivity index is 1.82. The molecule has 1 amide bonds. The van der Waals surface area contributed by atoms with Gasteiger partial charge in [-0.1, -0.05) is 30.3 Å². The number of nitro benzene ring substituents is 1. The molecule has 0 fully saturated rings. The van der Waals surface area contributed by atoms with Crippen LogP contribution in [0.1, 0.15) is 12.8 Å². The first-order valence-corrected chi connectivity index (χ1v) is 7.38. The highest BCUT2D eigenvalue weighted by atomic mass is 16.6. The Bertz CT molecular complexity index is 674. The molecular formula is C17H19N3O3. The Morgan fingerprint density at radius 3 is 2.48 bits per heavy atom. The molecule has 0 bridgehead atoms. The normalized spacial score (nSPS) is 10.1. The molecule has 0 atom stereocenters. The molecule has 0 radical (unpaired) electrons. The Kier molecular flexibility index (Phi) is 5.68. The molecule has 0 spiro atoms. The van der Waals surface area contributed by atoms with E-state index in [0.29, 0.717) is 25.1 Å². The standard InChI is InChI=1S/C17H19N3O3/c1-19(14-8-3-2-4-9-14)17(21)12-7-13-18-15-10-5-6-11-16(15)20(22)23/h2-6,8-11,18H,7,12-13H2,1H3. The van der Waals surface area contributed by atoms with E-state index in [1.165, 1.54) is 6.07 Å². The third-order valence-corrected chi connectivity index (χ3v) is 3.50. The van der Waals surface area contributed by atoms with Gasteiger partial charge in [0, 0.05) is 31.8 Å². The molecule has 0 unspecified atom stereocenters. The highest BCUT2D eigenvalue weighted by Gasteiger charge is 2.13. The second-order valence-electron chi connectivity index (χ2n) is 5.09. The Morgan fingerprint density at radius 2 is 1.78 bits per heavy atom. The van der Waals surface area contributed by atoms with Crippen LogP contribution in [-0.2, 0) is 4.79 Å². The van der Waals surface area contributed by atoms with Crippen molar-refractivity contribution in [3.63, 3.8) is 0 Å². The predicted octanol–water partition coefficient (Wildman–Crippen LogP) is 3.45. The number of hydrogen-bond acceptors (Lipinski definition) is 4. The number of hydrogen-bond donors (Lipinski definition) is 1. The number of anilines is 2. The number of rotatable bonds is 7. The van der Waals surface area contributed by atoms with Crippen molar-refractivity contribution in [2.24, 2.45) is 0 Å². The van der Waals surface area contributed by atoms with Crippen molar-refractivity contribution in [3.05, 3.63) is 64.7 Å². The summed E-state index contributed by atoms with van der Waals surface area (Å²) in [5.41, 5.74) is 1.37. The number of benzene rings is 2. The minimum atomic E-state index is -0.420. The number of amides is 1. The van der Waals surface area contributed by atoms with Crippen LogP contribution in [0.25, 0.3) is 0 Å². The van der Waals surface area contributed by atoms with Crippen molar-refractivity contribution < 1.29 is 9.72 Å². The van der Waals surface area contributed by atoms with E-state index in [1.54, 1.807) is 30.1 Å². The van der Waals surface area contributed by atoms with Gasteiger partial charge in [0.2, 0.25) is 5.91 Å². The molecule has 2 aromatic rings. The number of carbonyl (C=O) groups is 1. The van der Waals surface area contributed by atoms with Gasteiger partial charge in [0.1, 0.15) is 5.69 Å². The van der Waals surface area contributed by atoms with E-state index < -0.39 is 4.92 Å². The number of nitrogens with one attached hydrogen (secondary N) is 1. The van der Waals surface area contributed by atoms with Gasteiger partial charge in [0.05, 0.1) is 4.92 Å². The van der Waals surface area contributed by atoms with E-state index in [-0.39, 0.29) is 11.6 Å². The van der Waals surface area contributed by atoms with E-state index in [2.05, 4.69) is 5.32 Å². The van der Waals surface area contributed by atoms with Crippen molar-refractivity contribution in [1.29, 1.82) is 0 Å². The molecule has 0 saturated carbocycles. The number of para-hydroxylation sites is 3. The van der Waals surface area contributed by atoms with Crippen LogP contribution in [0, 0.1) is 10.1 Å². The second-order valence-corrected chi connectivity index (χ2v) is 5.09. The lowest BCUT2D eigenvalue weighted by molar-refractivity contribution is -0.384. The average Bonchev–Trinajstić information content (AvgIpc) is 2.58. The van der Waals surface area contributed by atoms with Gasteiger partial charge in [-0.15, -0.1) is 0 Å². The lowest BCUT2D eigenvalue weighted by Crippen LogP contribution is -2.26. The van der Waals surface area contributed by atoms with Gasteiger partial charge in [-0.3, -0.25) is 14.9 Å². The van der Waals surface area contributed by atoms with E-state index in [1.807, 2.05) is 30.3 Å². The fourth-order valence-electron chi connectivity index (χ4n) is 2.21. The van der Waals surface area contributed by atoms with Crippen molar-refractivity contribution >= 4 is 23.0 Å². The summed E-state index contributed by atoms with van der Waals surface area (Å²) < 4.78 is 0. The van der Waals surface area contributed by atoms with Crippen LogP contribution < -0.4 is 10.2 Å². The molecule has 0 aromatic heterocycles. The fourth-order valence-corrected chi connectivity index (χ4v) is 2.21. The monoisotopic (exact) mass is 313 g/mol. The molecule has 0 aliphatic heterocycles. The molecule has 0 aliphatic rings. The molecule has 6 heteroatoms. The van der Waals surface area contributed by atoms with Crippen LogP contribution in [0.15, 0.2) is 54.6 Å². The van der Waals surface area contributed by atoms with Gasteiger partial charge in [-0.2, -0.15) is 0 Å². The molecule has 2 aromatic carbocycles. The van der Waals surface area contributed by atoms with Gasteiger partial charge in [0.25, 0.3) is 5.69 Å². The van der Waals surface area contributed by atoms with E-state index >= 15 is 0 Å². The highest BCUT2D eigenvalue weighted by Crippen LogP contribution is 2.23. The van der Waals surface area contributed by atoms with Crippen LogP contribution in [0.3, 0.4) is 0 Å². The largest absolute Gasteiger partial charge is 0.379 e. The summed E-state index contributed by atoms with van der Waals surface area (Å²) >= 11 is 0. The van der Waals surface area contributed by atoms with E-state index in [0.717, 1.165) is 5.69 Å². The highest BCUT2D eigenvalue weighted by molar-refractivity contribution is 5.92. The number of nitro groups is 1. The zero-order valence-electron chi connectivity index (χ0n) is 12.9. The Morgan fingerprint density at radius 1 is 1.13 bits per heavy atom. The molecule has 120 valence electrons. The van der Waals surface area contributed by atoms with Crippen molar-refractivity contribution in [1.82, 2.24) is 0 Å². The SMILES string of the molecule is CN(C(=O)CCCNc1ccccc1[N+](=O)[O-])c1ccccc1. The fraction of sp³-hybridized carbons (Fsp3) is 0.235. The lowest BCUT2D eigenvalue weighted by Gasteiger charge is -2.17. The Labute approximate surface area is 134 Å². The molecule has 23 heavy (non-hydrogen) atoms. The third kappa shape index (κ3) is 4.54. The summed E-state index contributed by atoms with van der Waals surface area (Å²) in [6.07, 6.45) is 0.973. The number of nitrogens with zero attached hydrogens (tertiary/aromatic N) is 2. The summed E-state index contributed by atoms with van der Waals surface area (Å²) in [6, 6.07) is 15.9. The van der Waals surface area contributed by atoms with Gasteiger partial charge in [-0.25, -0.2) is 0 Å². The predicted molar refractivity (Wildman–Crippen MR) is 90.7 cm³/mol. The maximum Gasteiger partial charge on any atom is 0.292 e. The molecule has 1 N–H and O–H groups in total. The zero-order valence-corrected chi connectivity index (χ0v) is 12.9. The van der Waals surface area contributed by atoms with Gasteiger partial charge in [0.15, 0.2) is 0 Å². The lowest BCUT2D eigenvalue weighted by atomic mass is 10.2. The summed E-state index contributed by atoms with van der Waals surface area (Å²) in [4.78, 5) is 24.2. The zero-order chi connectivity index (χ0) is 16.7. The van der Waals surface area contributed by atoms with Gasteiger partial charge < -0.3 is 10.2 Å². The van der Waals surface area contributed by atoms with Crippen LogP contribution >= 0.6 is 0 Å². The Hall–Kier alpha value is -2.89. The average molecular weight is 313 g/mol. The minimum Gasteiger partial charge on any atom is -0.379 e. The van der Waals surface area contributed by atoms with Crippen LogP contribution in [0.5, 0.6) is 0 Å². The molecule has 0 aliphatic carbocycles. The third-order valence-electron chi connectivity index (χ3n) is 3.50. The van der Waals surface area contributed by atoms with Crippen LogP contribution in [0.2, 0.25) is 0 Å². The molecule has 0 saturated heterocycles. The molecule has 6 nitrogen and oxygen atoms in total. The minimum absolute atomic E-state index is 0.0144. The molecule has 2 rings (SSSR count). The maximum atomic E-state index is 12.1. The van der Waals surface area contributed by atoms with Gasteiger partial charge >= 0.3 is 0 Å². The first kappa shape index (κ1) is 16.5. The summed E-state index contributed by atoms with van der Waals surface area (Å²) in [5, 5.41) is 13.9. The quantitative estimate of drug-likeness (QED) is 0.482. The van der Waals surface area contributed by atoms with E-state index in [4.69, 9.17) is 0 Å². The molecule has 0 heterocycles. The maximum absolute atomic E-state index is 12.1. The van der Waals surface area contributed by atoms with E-state index in [9.17, 15) is 14.9 Å². The smallest absolute Gasteiger partial charge is 0.292 e. The van der Waals surface area contributed by atoms with Crippen LogP contribution in [0.4, 0.5) is 17.1 Å². The summed E-state index contributed by atoms with van der Waals surface area (Å²) in [6.45, 7) is 0.499.